The number of methoxy groups -OCH3 is 2. The third kappa shape index (κ3) is 8.93. The lowest BCUT2D eigenvalue weighted by atomic mass is 10.2. The monoisotopic (exact) mass is 774 g/mol. The number of hydrogen-bond donors (Lipinski definition) is 3. The number of urea groups is 1. The van der Waals surface area contributed by atoms with Crippen LogP contribution >= 0.6 is 0 Å². The van der Waals surface area contributed by atoms with E-state index in [-0.39, 0.29) is 29.7 Å². The second kappa shape index (κ2) is 17.4. The second-order valence-electron chi connectivity index (χ2n) is 12.8. The summed E-state index contributed by atoms with van der Waals surface area (Å²) in [6.45, 7) is 3.66. The number of ether oxygens (including phenoxy) is 3. The predicted molar refractivity (Wildman–Crippen MR) is 208 cm³/mol. The van der Waals surface area contributed by atoms with Gasteiger partial charge in [-0.25, -0.2) is 49.1 Å². The molecule has 19 heteroatoms. The van der Waals surface area contributed by atoms with Crippen molar-refractivity contribution in [1.29, 1.82) is 0 Å². The van der Waals surface area contributed by atoms with Crippen LogP contribution in [-0.2, 0) is 9.47 Å². The maximum absolute atomic E-state index is 12.8. The van der Waals surface area contributed by atoms with E-state index in [0.29, 0.717) is 23.3 Å². The normalized spacial score (nSPS) is 16.5. The van der Waals surface area contributed by atoms with Crippen molar-refractivity contribution in [3.05, 3.63) is 103 Å². The first-order chi connectivity index (χ1) is 27.8. The molecule has 2 atom stereocenters. The van der Waals surface area contributed by atoms with Crippen molar-refractivity contribution in [3.63, 3.8) is 0 Å². The quantitative estimate of drug-likeness (QED) is 0.213. The molecule has 0 saturated carbocycles. The molecule has 4 aliphatic heterocycles. The van der Waals surface area contributed by atoms with Gasteiger partial charge < -0.3 is 29.3 Å². The van der Waals surface area contributed by atoms with Gasteiger partial charge >= 0.3 is 24.1 Å². The van der Waals surface area contributed by atoms with E-state index in [0.717, 1.165) is 56.2 Å². The van der Waals surface area contributed by atoms with Gasteiger partial charge in [-0.05, 0) is 61.4 Å². The van der Waals surface area contributed by atoms with Gasteiger partial charge in [0.2, 0.25) is 11.9 Å². The number of nitrogens with one attached hydrogen (secondary N) is 3. The number of carbonyl (C=O) groups is 4. The largest absolute Gasteiger partial charge is 0.464 e. The van der Waals surface area contributed by atoms with Gasteiger partial charge in [-0.3, -0.25) is 15.5 Å². The van der Waals surface area contributed by atoms with Crippen LogP contribution in [0.2, 0.25) is 0 Å². The topological polar surface area (TPSA) is 219 Å². The summed E-state index contributed by atoms with van der Waals surface area (Å²) in [5, 5.41) is 8.44. The molecule has 0 aliphatic carbocycles. The Morgan fingerprint density at radius 1 is 0.684 bits per heavy atom. The zero-order valence-electron chi connectivity index (χ0n) is 30.9. The van der Waals surface area contributed by atoms with Crippen LogP contribution in [0, 0.1) is 0 Å². The maximum atomic E-state index is 12.8. The Kier molecular flexibility index (Phi) is 11.5. The van der Waals surface area contributed by atoms with Gasteiger partial charge in [0.1, 0.15) is 5.75 Å². The molecular formula is C38H38N12O7. The molecule has 9 rings (SSSR count). The van der Waals surface area contributed by atoms with E-state index >= 15 is 0 Å². The first-order valence-corrected chi connectivity index (χ1v) is 17.9. The summed E-state index contributed by atoms with van der Waals surface area (Å²) in [6.07, 6.45) is 7.51. The van der Waals surface area contributed by atoms with Crippen LogP contribution in [0.25, 0.3) is 0 Å². The first kappa shape index (κ1) is 37.9. The summed E-state index contributed by atoms with van der Waals surface area (Å²) < 4.78 is 14.4. The summed E-state index contributed by atoms with van der Waals surface area (Å²) in [4.78, 5) is 77.8. The molecule has 2 saturated heterocycles. The Balaban J connectivity index is 0.000000136. The highest BCUT2D eigenvalue weighted by atomic mass is 16.6. The molecule has 19 nitrogen and oxygen atoms in total. The van der Waals surface area contributed by atoms with Crippen molar-refractivity contribution >= 4 is 59.0 Å². The van der Waals surface area contributed by atoms with Gasteiger partial charge in [0, 0.05) is 57.0 Å². The number of benzene rings is 1. The van der Waals surface area contributed by atoms with Crippen LogP contribution < -0.4 is 35.4 Å². The lowest BCUT2D eigenvalue weighted by Crippen LogP contribution is -2.48. The van der Waals surface area contributed by atoms with Gasteiger partial charge in [0.15, 0.2) is 23.0 Å². The highest BCUT2D eigenvalue weighted by molar-refractivity contribution is 6.04. The molecule has 3 N–H and O–H groups in total. The van der Waals surface area contributed by atoms with Crippen molar-refractivity contribution < 1.29 is 33.4 Å². The number of carbonyl (C=O) groups excluding carboxylic acids is 4. The molecular weight excluding hydrogens is 736 g/mol. The third-order valence-corrected chi connectivity index (χ3v) is 9.22. The van der Waals surface area contributed by atoms with Crippen molar-refractivity contribution in [3.8, 4) is 5.75 Å². The number of para-hydroxylation sites is 1. The summed E-state index contributed by atoms with van der Waals surface area (Å²) in [5.74, 6) is 1.22. The number of esters is 2. The second-order valence-corrected chi connectivity index (χ2v) is 12.8. The third-order valence-electron chi connectivity index (χ3n) is 9.22. The number of nitrogens with zero attached hydrogens (tertiary/aromatic N) is 9. The highest BCUT2D eigenvalue weighted by Crippen LogP contribution is 2.39. The number of aromatic nitrogens is 6. The van der Waals surface area contributed by atoms with Crippen LogP contribution in [0.5, 0.6) is 5.75 Å². The molecule has 292 valence electrons. The van der Waals surface area contributed by atoms with Crippen LogP contribution in [0.4, 0.5) is 44.5 Å². The van der Waals surface area contributed by atoms with E-state index in [1.807, 2.05) is 12.1 Å². The zero-order chi connectivity index (χ0) is 39.7. The Hall–Kier alpha value is -7.44. The van der Waals surface area contributed by atoms with E-state index < -0.39 is 18.0 Å². The molecule has 8 heterocycles. The molecule has 3 amide bonds. The molecule has 0 spiro atoms. The number of fused-ring (bicyclic) bond motifs is 8. The molecule has 4 bridgehead atoms. The van der Waals surface area contributed by atoms with E-state index in [4.69, 9.17) is 9.47 Å². The molecule has 0 unspecified atom stereocenters. The van der Waals surface area contributed by atoms with Gasteiger partial charge in [0.05, 0.1) is 31.6 Å². The highest BCUT2D eigenvalue weighted by Gasteiger charge is 2.41. The van der Waals surface area contributed by atoms with E-state index in [1.54, 1.807) is 71.9 Å². The van der Waals surface area contributed by atoms with Crippen molar-refractivity contribution in [2.75, 3.05) is 71.0 Å². The van der Waals surface area contributed by atoms with Gasteiger partial charge in [-0.1, -0.05) is 18.2 Å². The summed E-state index contributed by atoms with van der Waals surface area (Å²) in [5.41, 5.74) is 2.43. The predicted octanol–water partition coefficient (Wildman–Crippen LogP) is 4.25. The van der Waals surface area contributed by atoms with Crippen LogP contribution in [0.15, 0.2) is 91.5 Å². The average Bonchev–Trinajstić information content (AvgIpc) is 3.85. The Morgan fingerprint density at radius 3 is 1.95 bits per heavy atom. The Labute approximate surface area is 326 Å². The SMILES string of the molecule is COC(=O)c1ccc2c(n1)N(C(=O)Nc1ncccn1)[C@H]1CCN2C1.COC(=O)c1ccc2c(n1)N[C@H]1CCN2C1.O=C(Nc1ncccn1)Oc1ccccc1. The molecule has 57 heavy (non-hydrogen) atoms. The summed E-state index contributed by atoms with van der Waals surface area (Å²) in [6, 6.07) is 19.2. The zero-order valence-corrected chi connectivity index (χ0v) is 30.9. The van der Waals surface area contributed by atoms with E-state index in [9.17, 15) is 19.2 Å². The number of hydrogen-bond acceptors (Lipinski definition) is 16. The molecule has 4 aromatic heterocycles. The van der Waals surface area contributed by atoms with Crippen LogP contribution in [0.1, 0.15) is 33.8 Å². The van der Waals surface area contributed by atoms with Crippen LogP contribution in [0.3, 0.4) is 0 Å². The fourth-order valence-electron chi connectivity index (χ4n) is 6.61. The molecule has 5 aromatic rings. The number of amides is 3. The fourth-order valence-corrected chi connectivity index (χ4v) is 6.61. The average molecular weight is 775 g/mol. The van der Waals surface area contributed by atoms with Gasteiger partial charge in [-0.15, -0.1) is 0 Å². The standard InChI is InChI=1S/C16H16N6O3.C11H13N3O2.C11H9N3O2/c1-25-14(23)11-3-4-12-13(19-11)22(10-5-8-21(12)9-10)16(24)20-15-17-6-2-7-18-15;1-16-11(15)8-2-3-9-10(13-8)12-7-4-5-14(9)6-7;15-11(14-10-12-7-4-8-13-10)16-9-5-2-1-3-6-9/h2-4,6-7,10H,5,8-9H2,1H3,(H,17,18,20,24);2-3,7H,4-6H2,1H3,(H,12,13);1-8H,(H,12,13,14,15)/t10-;7-;/m00./s1. The molecule has 4 aliphatic rings. The molecule has 1 aromatic carbocycles. The number of pyridine rings is 2. The number of rotatable bonds is 5. The van der Waals surface area contributed by atoms with E-state index in [2.05, 4.69) is 60.4 Å². The first-order valence-electron chi connectivity index (χ1n) is 17.9. The minimum absolute atomic E-state index is 0.0170. The lowest BCUT2D eigenvalue weighted by Gasteiger charge is -2.35. The lowest BCUT2D eigenvalue weighted by molar-refractivity contribution is 0.0585. The Morgan fingerprint density at radius 2 is 1.28 bits per heavy atom. The summed E-state index contributed by atoms with van der Waals surface area (Å²) in [7, 11) is 2.66. The number of anilines is 6. The van der Waals surface area contributed by atoms with Crippen molar-refractivity contribution in [2.24, 2.45) is 0 Å². The van der Waals surface area contributed by atoms with Crippen molar-refractivity contribution in [1.82, 2.24) is 29.9 Å². The fraction of sp³-hybridized carbons (Fsp3) is 0.263. The van der Waals surface area contributed by atoms with E-state index in [1.165, 1.54) is 26.6 Å². The van der Waals surface area contributed by atoms with Gasteiger partial charge in [-0.2, -0.15) is 0 Å². The summed E-state index contributed by atoms with van der Waals surface area (Å²) >= 11 is 0. The minimum Gasteiger partial charge on any atom is -0.464 e. The Bertz CT molecular complexity index is 2180. The minimum atomic E-state index is -0.614. The maximum Gasteiger partial charge on any atom is 0.419 e. The molecule has 2 fully saturated rings. The molecule has 0 radical (unpaired) electrons. The van der Waals surface area contributed by atoms with Crippen molar-refractivity contribution in [2.45, 2.75) is 24.9 Å². The van der Waals surface area contributed by atoms with Crippen LogP contribution in [-0.4, -0.2) is 106 Å². The smallest absolute Gasteiger partial charge is 0.419 e. The van der Waals surface area contributed by atoms with Gasteiger partial charge in [0.25, 0.3) is 0 Å².